The second-order valence-electron chi connectivity index (χ2n) is 14.1. The number of carbonyl (C=O) groups excluding carboxylic acids is 1. The average molecular weight is 605 g/mol. The predicted molar refractivity (Wildman–Crippen MR) is 181 cm³/mol. The van der Waals surface area contributed by atoms with Crippen LogP contribution in [0.5, 0.6) is 11.5 Å². The van der Waals surface area contributed by atoms with E-state index in [4.69, 9.17) is 9.47 Å². The van der Waals surface area contributed by atoms with Crippen LogP contribution in [0.1, 0.15) is 147 Å². The molecule has 234 valence electrons. The highest BCUT2D eigenvalue weighted by atomic mass is 33.1. The van der Waals surface area contributed by atoms with Crippen LogP contribution in [-0.2, 0) is 11.2 Å². The molecule has 0 amide bonds. The molecule has 0 unspecified atom stereocenters. The zero-order valence-corrected chi connectivity index (χ0v) is 29.3. The summed E-state index contributed by atoms with van der Waals surface area (Å²) < 4.78 is 12.8. The van der Waals surface area contributed by atoms with Crippen LogP contribution in [0.4, 0.5) is 0 Å². The molecule has 0 radical (unpaired) electrons. The molecule has 0 saturated carbocycles. The van der Waals surface area contributed by atoms with Gasteiger partial charge in [-0.3, -0.25) is 4.79 Å². The Balaban J connectivity index is 1.47. The number of benzene rings is 1. The molecule has 2 aliphatic rings. The van der Waals surface area contributed by atoms with E-state index in [1.807, 2.05) is 21.6 Å². The molecular formula is C36H60O3S2. The number of esters is 1. The summed E-state index contributed by atoms with van der Waals surface area (Å²) in [5.74, 6) is 5.42. The van der Waals surface area contributed by atoms with Gasteiger partial charge < -0.3 is 9.47 Å². The van der Waals surface area contributed by atoms with Crippen LogP contribution in [0, 0.1) is 38.5 Å². The van der Waals surface area contributed by atoms with Gasteiger partial charge in [-0.15, -0.1) is 0 Å². The van der Waals surface area contributed by atoms with E-state index in [0.29, 0.717) is 6.42 Å². The number of hydrogen-bond donors (Lipinski definition) is 0. The standard InChI is InChI=1S/C36H60O3S2/c1-25(2)13-11-14-26(3)15-12-16-27(4)19-22-36(8)23-20-32-30(7)34(28(5)29(6)35(32)39-36)38-33(37)18-10-9-17-31-21-24-40-41-31/h25-27,31H,9-24H2,1-8H3/t26-,27-,31-,36-/m1/s1. The molecule has 4 atom stereocenters. The van der Waals surface area contributed by atoms with E-state index < -0.39 is 0 Å². The lowest BCUT2D eigenvalue weighted by Gasteiger charge is -2.39. The summed E-state index contributed by atoms with van der Waals surface area (Å²) in [5, 5.41) is 0.774. The molecule has 0 aromatic heterocycles. The lowest BCUT2D eigenvalue weighted by molar-refractivity contribution is -0.134. The van der Waals surface area contributed by atoms with Crippen molar-refractivity contribution in [3.63, 3.8) is 0 Å². The normalized spacial score (nSPS) is 21.9. The smallest absolute Gasteiger partial charge is 0.311 e. The monoisotopic (exact) mass is 604 g/mol. The van der Waals surface area contributed by atoms with Gasteiger partial charge in [-0.1, -0.05) is 94.2 Å². The first kappa shape index (κ1) is 34.7. The van der Waals surface area contributed by atoms with E-state index in [9.17, 15) is 4.79 Å². The largest absolute Gasteiger partial charge is 0.487 e. The van der Waals surface area contributed by atoms with Crippen LogP contribution in [0.3, 0.4) is 0 Å². The maximum Gasteiger partial charge on any atom is 0.311 e. The Bertz CT molecular complexity index is 968. The van der Waals surface area contributed by atoms with Crippen molar-refractivity contribution in [2.45, 2.75) is 163 Å². The molecule has 3 nitrogen and oxygen atoms in total. The van der Waals surface area contributed by atoms with Crippen molar-refractivity contribution in [1.82, 2.24) is 0 Å². The van der Waals surface area contributed by atoms with Gasteiger partial charge in [-0.05, 0) is 107 Å². The molecule has 1 aromatic rings. The molecular weight excluding hydrogens is 545 g/mol. The van der Waals surface area contributed by atoms with E-state index in [1.165, 1.54) is 69.1 Å². The topological polar surface area (TPSA) is 35.5 Å². The third-order valence-electron chi connectivity index (χ3n) is 9.70. The quantitative estimate of drug-likeness (QED) is 0.0765. The van der Waals surface area contributed by atoms with E-state index >= 15 is 0 Å². The summed E-state index contributed by atoms with van der Waals surface area (Å²) in [6.07, 6.45) is 17.6. The molecule has 2 aliphatic heterocycles. The summed E-state index contributed by atoms with van der Waals surface area (Å²) in [6.45, 7) is 18.2. The minimum Gasteiger partial charge on any atom is -0.487 e. The van der Waals surface area contributed by atoms with Crippen LogP contribution in [0.25, 0.3) is 0 Å². The lowest BCUT2D eigenvalue weighted by Crippen LogP contribution is -2.37. The van der Waals surface area contributed by atoms with E-state index in [-0.39, 0.29) is 11.6 Å². The van der Waals surface area contributed by atoms with Crippen LogP contribution >= 0.6 is 21.6 Å². The van der Waals surface area contributed by atoms with E-state index in [2.05, 4.69) is 55.4 Å². The fourth-order valence-corrected chi connectivity index (χ4v) is 9.54. The van der Waals surface area contributed by atoms with E-state index in [0.717, 1.165) is 83.3 Å². The highest BCUT2D eigenvalue weighted by molar-refractivity contribution is 8.77. The van der Waals surface area contributed by atoms with Gasteiger partial charge in [0.25, 0.3) is 0 Å². The number of ether oxygens (including phenoxy) is 2. The number of hydrogen-bond acceptors (Lipinski definition) is 5. The molecule has 0 aliphatic carbocycles. The summed E-state index contributed by atoms with van der Waals surface area (Å²) in [6, 6.07) is 0. The molecule has 1 fully saturated rings. The summed E-state index contributed by atoms with van der Waals surface area (Å²) in [4.78, 5) is 12.8. The second-order valence-corrected chi connectivity index (χ2v) is 16.9. The van der Waals surface area contributed by atoms with Crippen molar-refractivity contribution in [2.24, 2.45) is 17.8 Å². The third-order valence-corrected chi connectivity index (χ3v) is 12.7. The van der Waals surface area contributed by atoms with Gasteiger partial charge in [-0.25, -0.2) is 0 Å². The van der Waals surface area contributed by atoms with Gasteiger partial charge in [0, 0.05) is 23.0 Å². The maximum atomic E-state index is 12.8. The summed E-state index contributed by atoms with van der Waals surface area (Å²) >= 11 is 0. The van der Waals surface area contributed by atoms with Crippen molar-refractivity contribution in [1.29, 1.82) is 0 Å². The Labute approximate surface area is 260 Å². The first-order chi connectivity index (χ1) is 19.5. The van der Waals surface area contributed by atoms with Gasteiger partial charge in [0.05, 0.1) is 0 Å². The van der Waals surface area contributed by atoms with Crippen molar-refractivity contribution in [3.8, 4) is 11.5 Å². The molecule has 41 heavy (non-hydrogen) atoms. The highest BCUT2D eigenvalue weighted by Crippen LogP contribution is 2.45. The van der Waals surface area contributed by atoms with Crippen LogP contribution < -0.4 is 9.47 Å². The lowest BCUT2D eigenvalue weighted by atomic mass is 9.83. The fourth-order valence-electron chi connectivity index (χ4n) is 6.51. The third kappa shape index (κ3) is 11.0. The van der Waals surface area contributed by atoms with Gasteiger partial charge >= 0.3 is 5.97 Å². The van der Waals surface area contributed by atoms with Gasteiger partial charge in [0.15, 0.2) is 0 Å². The number of fused-ring (bicyclic) bond motifs is 1. The zero-order chi connectivity index (χ0) is 30.0. The predicted octanol–water partition coefficient (Wildman–Crippen LogP) is 11.4. The van der Waals surface area contributed by atoms with Gasteiger partial charge in [0.1, 0.15) is 17.1 Å². The van der Waals surface area contributed by atoms with Gasteiger partial charge in [0.2, 0.25) is 0 Å². The minimum absolute atomic E-state index is 0.0931. The van der Waals surface area contributed by atoms with Crippen molar-refractivity contribution >= 4 is 27.6 Å². The van der Waals surface area contributed by atoms with Crippen LogP contribution in [-0.4, -0.2) is 22.6 Å². The van der Waals surface area contributed by atoms with Crippen molar-refractivity contribution < 1.29 is 14.3 Å². The van der Waals surface area contributed by atoms with Crippen LogP contribution in [0.2, 0.25) is 0 Å². The minimum atomic E-state index is -0.122. The first-order valence-corrected chi connectivity index (χ1v) is 19.2. The first-order valence-electron chi connectivity index (χ1n) is 16.8. The maximum absolute atomic E-state index is 12.8. The zero-order valence-electron chi connectivity index (χ0n) is 27.7. The number of rotatable bonds is 17. The molecule has 0 bridgehead atoms. The molecule has 1 aromatic carbocycles. The van der Waals surface area contributed by atoms with Crippen molar-refractivity contribution in [3.05, 3.63) is 22.3 Å². The Kier molecular flexibility index (Phi) is 14.3. The molecule has 0 N–H and O–H groups in total. The average Bonchev–Trinajstić information content (AvgIpc) is 3.45. The van der Waals surface area contributed by atoms with Gasteiger partial charge in [-0.2, -0.15) is 0 Å². The van der Waals surface area contributed by atoms with Crippen molar-refractivity contribution in [2.75, 3.05) is 5.75 Å². The summed E-state index contributed by atoms with van der Waals surface area (Å²) in [5.41, 5.74) is 4.39. The molecule has 1 saturated heterocycles. The number of carbonyl (C=O) groups is 1. The second kappa shape index (κ2) is 16.9. The molecule has 0 spiro atoms. The Morgan fingerprint density at radius 1 is 0.927 bits per heavy atom. The Morgan fingerprint density at radius 2 is 1.61 bits per heavy atom. The molecule has 2 heterocycles. The SMILES string of the molecule is Cc1c(C)c2c(c(C)c1OC(=O)CCCC[C@@H]1CCSS1)CC[C@@](C)(CC[C@H](C)CCC[C@H](C)CCCC(C)C)O2. The summed E-state index contributed by atoms with van der Waals surface area (Å²) in [7, 11) is 4.01. The van der Waals surface area contributed by atoms with Crippen LogP contribution in [0.15, 0.2) is 0 Å². The molecule has 3 rings (SSSR count). The highest BCUT2D eigenvalue weighted by Gasteiger charge is 2.35. The van der Waals surface area contributed by atoms with E-state index in [1.54, 1.807) is 0 Å². The Morgan fingerprint density at radius 3 is 2.27 bits per heavy atom. The molecule has 5 heteroatoms. The fraction of sp³-hybridized carbons (Fsp3) is 0.806. The number of unbranched alkanes of at least 4 members (excludes halogenated alkanes) is 1. The Hall–Kier alpha value is -0.810.